The van der Waals surface area contributed by atoms with Crippen LogP contribution in [0.4, 0.5) is 15.9 Å². The van der Waals surface area contributed by atoms with Gasteiger partial charge in [-0.25, -0.2) is 9.37 Å². The molecule has 10 heteroatoms. The minimum absolute atomic E-state index is 0.165. The van der Waals surface area contributed by atoms with Crippen molar-refractivity contribution in [2.45, 2.75) is 82.1 Å². The number of morpholine rings is 1. The number of nitrogens with zero attached hydrogens (tertiary/aromatic N) is 2. The van der Waals surface area contributed by atoms with E-state index in [1.54, 1.807) is 38.1 Å². The van der Waals surface area contributed by atoms with Gasteiger partial charge in [-0.3, -0.25) is 9.59 Å². The number of aryl methyl sites for hydroxylation is 1. The summed E-state index contributed by atoms with van der Waals surface area (Å²) in [6.45, 7) is 5.00. The standard InChI is InChI=1S/C37H41FN6O3/c1-21(39)33(22(2)40)24-8-10-27(11-9-24)42-35(45)34(43-36(46)37(38)13-14-37)30-5-3-4-23-6-7-25(16-31(23)30)26-12-15-41-32(17-26)44-19-29-18-28(44)20-47-29/h6-12,15-17,28-30,34,39H,3-5,13-14,18-20,40H2,1-2H3,(H,42,45)(H,43,46)/b33-22+,39-21?/t28-,29-,30-,34?/m1/s1. The predicted octanol–water partition coefficient (Wildman–Crippen LogP) is 5.50. The van der Waals surface area contributed by atoms with E-state index < -0.39 is 23.5 Å². The Morgan fingerprint density at radius 1 is 1.11 bits per heavy atom. The first-order valence-electron chi connectivity index (χ1n) is 16.5. The monoisotopic (exact) mass is 636 g/mol. The zero-order valence-corrected chi connectivity index (χ0v) is 26.8. The zero-order chi connectivity index (χ0) is 32.9. The number of amides is 2. The molecule has 0 spiro atoms. The molecule has 244 valence electrons. The fraction of sp³-hybridized carbons (Fsp3) is 0.405. The molecule has 1 aromatic heterocycles. The van der Waals surface area contributed by atoms with Gasteiger partial charge in [0.1, 0.15) is 11.9 Å². The average molecular weight is 637 g/mol. The van der Waals surface area contributed by atoms with Crippen LogP contribution < -0.4 is 21.3 Å². The molecule has 2 aliphatic heterocycles. The number of benzene rings is 2. The van der Waals surface area contributed by atoms with Gasteiger partial charge < -0.3 is 31.4 Å². The van der Waals surface area contributed by atoms with E-state index in [-0.39, 0.29) is 24.9 Å². The highest BCUT2D eigenvalue weighted by atomic mass is 19.1. The van der Waals surface area contributed by atoms with Gasteiger partial charge in [0.25, 0.3) is 5.91 Å². The summed E-state index contributed by atoms with van der Waals surface area (Å²) in [6.07, 6.45) is 5.85. The van der Waals surface area contributed by atoms with Gasteiger partial charge in [0.15, 0.2) is 5.67 Å². The van der Waals surface area contributed by atoms with E-state index in [0.717, 1.165) is 66.0 Å². The lowest BCUT2D eigenvalue weighted by Crippen LogP contribution is -2.51. The van der Waals surface area contributed by atoms with E-state index in [4.69, 9.17) is 15.9 Å². The molecule has 2 aliphatic carbocycles. The molecule has 5 N–H and O–H groups in total. The molecule has 0 radical (unpaired) electrons. The number of halogens is 1. The van der Waals surface area contributed by atoms with Crippen molar-refractivity contribution in [1.29, 1.82) is 5.41 Å². The molecule has 7 rings (SSSR count). The summed E-state index contributed by atoms with van der Waals surface area (Å²) in [5, 5.41) is 13.9. The number of nitrogens with one attached hydrogen (secondary N) is 3. The second kappa shape index (κ2) is 12.2. The van der Waals surface area contributed by atoms with Crippen LogP contribution in [0.5, 0.6) is 0 Å². The number of nitrogens with two attached hydrogens (primary N) is 1. The first-order chi connectivity index (χ1) is 22.6. The highest BCUT2D eigenvalue weighted by Gasteiger charge is 2.52. The number of hydrogen-bond acceptors (Lipinski definition) is 7. The van der Waals surface area contributed by atoms with Crippen LogP contribution in [0.3, 0.4) is 0 Å². The average Bonchev–Trinajstić information content (AvgIpc) is 3.46. The number of anilines is 2. The fourth-order valence-electron chi connectivity index (χ4n) is 7.43. The Bertz CT molecular complexity index is 1760. The van der Waals surface area contributed by atoms with Gasteiger partial charge in [0.2, 0.25) is 5.91 Å². The summed E-state index contributed by atoms with van der Waals surface area (Å²) < 4.78 is 20.8. The van der Waals surface area contributed by atoms with Crippen molar-refractivity contribution >= 4 is 34.6 Å². The van der Waals surface area contributed by atoms with E-state index in [9.17, 15) is 14.0 Å². The molecule has 3 heterocycles. The number of ether oxygens (including phenoxy) is 1. The predicted molar refractivity (Wildman–Crippen MR) is 181 cm³/mol. The number of allylic oxidation sites excluding steroid dienone is 2. The normalized spacial score (nSPS) is 23.4. The van der Waals surface area contributed by atoms with Crippen molar-refractivity contribution in [3.63, 3.8) is 0 Å². The number of alkyl halides is 1. The van der Waals surface area contributed by atoms with E-state index in [2.05, 4.69) is 44.8 Å². The van der Waals surface area contributed by atoms with Crippen LogP contribution in [-0.4, -0.2) is 59.5 Å². The third kappa shape index (κ3) is 6.14. The first-order valence-corrected chi connectivity index (χ1v) is 16.5. The molecule has 4 atom stereocenters. The molecule has 4 aliphatic rings. The molecule has 9 nitrogen and oxygen atoms in total. The summed E-state index contributed by atoms with van der Waals surface area (Å²) in [6, 6.07) is 17.0. The van der Waals surface area contributed by atoms with Gasteiger partial charge >= 0.3 is 0 Å². The molecular formula is C37H41FN6O3. The zero-order valence-electron chi connectivity index (χ0n) is 26.8. The Labute approximate surface area is 274 Å². The molecule has 47 heavy (non-hydrogen) atoms. The Hall–Kier alpha value is -4.57. The number of hydrogen-bond donors (Lipinski definition) is 4. The largest absolute Gasteiger partial charge is 0.402 e. The van der Waals surface area contributed by atoms with Crippen molar-refractivity contribution in [2.24, 2.45) is 5.73 Å². The van der Waals surface area contributed by atoms with Gasteiger partial charge in [-0.15, -0.1) is 0 Å². The molecule has 2 bridgehead atoms. The second-order valence-corrected chi connectivity index (χ2v) is 13.5. The Morgan fingerprint density at radius 2 is 1.87 bits per heavy atom. The first kappa shape index (κ1) is 31.1. The lowest BCUT2D eigenvalue weighted by Gasteiger charge is -2.33. The van der Waals surface area contributed by atoms with Crippen LogP contribution >= 0.6 is 0 Å². The van der Waals surface area contributed by atoms with E-state index in [1.165, 1.54) is 0 Å². The number of carbonyl (C=O) groups excluding carboxylic acids is 2. The van der Waals surface area contributed by atoms with Crippen LogP contribution in [0.1, 0.15) is 68.6 Å². The maximum Gasteiger partial charge on any atom is 0.258 e. The van der Waals surface area contributed by atoms with Crippen molar-refractivity contribution in [3.8, 4) is 11.1 Å². The van der Waals surface area contributed by atoms with E-state index >= 15 is 0 Å². The molecule has 3 fully saturated rings. The van der Waals surface area contributed by atoms with Crippen molar-refractivity contribution in [2.75, 3.05) is 23.4 Å². The lowest BCUT2D eigenvalue weighted by atomic mass is 9.77. The van der Waals surface area contributed by atoms with Crippen molar-refractivity contribution in [1.82, 2.24) is 10.3 Å². The van der Waals surface area contributed by atoms with Crippen LogP contribution in [-0.2, 0) is 20.7 Å². The number of rotatable bonds is 9. The van der Waals surface area contributed by atoms with E-state index in [0.29, 0.717) is 35.1 Å². The van der Waals surface area contributed by atoms with Crippen LogP contribution in [0.25, 0.3) is 16.7 Å². The third-order valence-corrected chi connectivity index (χ3v) is 10.1. The highest BCUT2D eigenvalue weighted by molar-refractivity contribution is 6.21. The van der Waals surface area contributed by atoms with Gasteiger partial charge in [-0.1, -0.05) is 30.3 Å². The molecule has 2 aromatic carbocycles. The lowest BCUT2D eigenvalue weighted by molar-refractivity contribution is -0.131. The maximum atomic E-state index is 15.0. The number of aromatic nitrogens is 1. The summed E-state index contributed by atoms with van der Waals surface area (Å²) in [5.74, 6) is -0.536. The Morgan fingerprint density at radius 3 is 2.53 bits per heavy atom. The number of carbonyl (C=O) groups is 2. The Kier molecular flexibility index (Phi) is 8.08. The number of pyridine rings is 1. The molecule has 2 saturated heterocycles. The Balaban J connectivity index is 1.18. The maximum absolute atomic E-state index is 15.0. The number of fused-ring (bicyclic) bond motifs is 3. The van der Waals surface area contributed by atoms with Gasteiger partial charge in [0, 0.05) is 41.3 Å². The van der Waals surface area contributed by atoms with Gasteiger partial charge in [-0.2, -0.15) is 0 Å². The minimum atomic E-state index is -1.92. The topological polar surface area (TPSA) is 133 Å². The SMILES string of the molecule is CC(=N)/C(=C(/C)N)c1ccc(NC(=O)C(NC(=O)C2(F)CC2)[C@@H]2CCCc3ccc(-c4ccnc(N5C[C@H]6C[C@@H]5CO6)c4)cc32)cc1. The minimum Gasteiger partial charge on any atom is -0.402 e. The van der Waals surface area contributed by atoms with Crippen LogP contribution in [0, 0.1) is 5.41 Å². The summed E-state index contributed by atoms with van der Waals surface area (Å²) >= 11 is 0. The molecule has 1 saturated carbocycles. The fourth-order valence-corrected chi connectivity index (χ4v) is 7.43. The second-order valence-electron chi connectivity index (χ2n) is 13.5. The third-order valence-electron chi connectivity index (χ3n) is 10.1. The highest BCUT2D eigenvalue weighted by Crippen LogP contribution is 2.42. The molecule has 3 aromatic rings. The van der Waals surface area contributed by atoms with Crippen molar-refractivity contribution < 1.29 is 18.7 Å². The van der Waals surface area contributed by atoms with Crippen molar-refractivity contribution in [3.05, 3.63) is 83.2 Å². The van der Waals surface area contributed by atoms with Crippen LogP contribution in [0.15, 0.2) is 66.5 Å². The summed E-state index contributed by atoms with van der Waals surface area (Å²) in [4.78, 5) is 34.1. The molecule has 1 unspecified atom stereocenters. The smallest absolute Gasteiger partial charge is 0.258 e. The van der Waals surface area contributed by atoms with Gasteiger partial charge in [0.05, 0.1) is 18.8 Å². The molecular weight excluding hydrogens is 595 g/mol. The van der Waals surface area contributed by atoms with Crippen LogP contribution in [0.2, 0.25) is 0 Å². The quantitative estimate of drug-likeness (QED) is 0.229. The van der Waals surface area contributed by atoms with E-state index in [1.807, 2.05) is 12.3 Å². The summed E-state index contributed by atoms with van der Waals surface area (Å²) in [7, 11) is 0. The van der Waals surface area contributed by atoms with Gasteiger partial charge in [-0.05, 0) is 104 Å². The molecule has 2 amide bonds. The summed E-state index contributed by atoms with van der Waals surface area (Å²) in [5.41, 5.74) is 11.1.